The average molecular weight is 342 g/mol. The number of nitrogens with zero attached hydrogens (tertiary/aromatic N) is 1. The number of aromatic amines is 1. The van der Waals surface area contributed by atoms with Gasteiger partial charge >= 0.3 is 0 Å². The van der Waals surface area contributed by atoms with Gasteiger partial charge in [-0.3, -0.25) is 9.36 Å². The molecular weight excluding hydrogens is 324 g/mol. The smallest absolute Gasteiger partial charge is 0.267 e. The van der Waals surface area contributed by atoms with E-state index in [0.717, 1.165) is 28.7 Å². The van der Waals surface area contributed by atoms with Crippen LogP contribution in [0, 0.1) is 11.7 Å². The molecule has 1 aliphatic carbocycles. The molecule has 0 fully saturated rings. The first kappa shape index (κ1) is 14.8. The number of hydrogen-bond donors (Lipinski definition) is 1. The summed E-state index contributed by atoms with van der Waals surface area (Å²) in [4.78, 5) is 18.8. The zero-order valence-electron chi connectivity index (χ0n) is 13.2. The van der Waals surface area contributed by atoms with Crippen molar-refractivity contribution in [2.45, 2.75) is 39.0 Å². The minimum absolute atomic E-state index is 0.0128. The molecule has 0 spiro atoms. The van der Waals surface area contributed by atoms with Gasteiger partial charge in [-0.1, -0.05) is 24.6 Å². The molecule has 0 radical (unpaired) electrons. The normalized spacial score (nSPS) is 17.4. The van der Waals surface area contributed by atoms with Gasteiger partial charge in [-0.2, -0.15) is 0 Å². The van der Waals surface area contributed by atoms with E-state index in [-0.39, 0.29) is 5.56 Å². The SMILES string of the molecule is Cc1ccc(-n2c(=S)[nH]c3sc4c(c3c2=O)[C@@H](C)CCC4)cc1. The van der Waals surface area contributed by atoms with Crippen LogP contribution >= 0.6 is 23.6 Å². The van der Waals surface area contributed by atoms with Gasteiger partial charge in [-0.25, -0.2) is 0 Å². The molecule has 1 aromatic carbocycles. The number of thiophene rings is 1. The Morgan fingerprint density at radius 2 is 2.04 bits per heavy atom. The van der Waals surface area contributed by atoms with E-state index in [1.165, 1.54) is 22.4 Å². The maximum Gasteiger partial charge on any atom is 0.267 e. The first-order valence-corrected chi connectivity index (χ1v) is 9.16. The van der Waals surface area contributed by atoms with Crippen LogP contribution in [0.3, 0.4) is 0 Å². The van der Waals surface area contributed by atoms with E-state index in [1.54, 1.807) is 15.9 Å². The molecule has 1 atom stereocenters. The van der Waals surface area contributed by atoms with E-state index in [0.29, 0.717) is 10.7 Å². The predicted molar refractivity (Wildman–Crippen MR) is 98.7 cm³/mol. The van der Waals surface area contributed by atoms with E-state index in [1.807, 2.05) is 31.2 Å². The summed E-state index contributed by atoms with van der Waals surface area (Å²) >= 11 is 7.17. The summed E-state index contributed by atoms with van der Waals surface area (Å²) in [6.07, 6.45) is 3.43. The monoisotopic (exact) mass is 342 g/mol. The van der Waals surface area contributed by atoms with E-state index in [9.17, 15) is 4.79 Å². The van der Waals surface area contributed by atoms with Crippen LogP contribution in [0.5, 0.6) is 0 Å². The Bertz CT molecular complexity index is 1010. The fraction of sp³-hybridized carbons (Fsp3) is 0.333. The second-order valence-corrected chi connectivity index (χ2v) is 7.83. The van der Waals surface area contributed by atoms with E-state index >= 15 is 0 Å². The van der Waals surface area contributed by atoms with Crippen LogP contribution in [0.25, 0.3) is 15.9 Å². The highest BCUT2D eigenvalue weighted by molar-refractivity contribution is 7.71. The largest absolute Gasteiger partial charge is 0.323 e. The zero-order valence-corrected chi connectivity index (χ0v) is 14.8. The Morgan fingerprint density at radius 3 is 2.78 bits per heavy atom. The van der Waals surface area contributed by atoms with Crippen LogP contribution in [0.1, 0.15) is 41.7 Å². The summed E-state index contributed by atoms with van der Waals surface area (Å²) in [6.45, 7) is 4.26. The van der Waals surface area contributed by atoms with Crippen molar-refractivity contribution in [3.05, 3.63) is 55.4 Å². The number of benzene rings is 1. The number of aryl methyl sites for hydroxylation is 2. The number of aromatic nitrogens is 2. The molecule has 2 aromatic heterocycles. The van der Waals surface area contributed by atoms with Gasteiger partial charge < -0.3 is 4.98 Å². The molecule has 118 valence electrons. The van der Waals surface area contributed by atoms with Gasteiger partial charge in [0.25, 0.3) is 5.56 Å². The lowest BCUT2D eigenvalue weighted by Crippen LogP contribution is -2.21. The molecule has 3 aromatic rings. The van der Waals surface area contributed by atoms with Crippen LogP contribution in [0.4, 0.5) is 0 Å². The van der Waals surface area contributed by atoms with Crippen molar-refractivity contribution in [1.29, 1.82) is 0 Å². The Labute approximate surface area is 143 Å². The molecule has 3 nitrogen and oxygen atoms in total. The van der Waals surface area contributed by atoms with Gasteiger partial charge in [0.15, 0.2) is 4.77 Å². The quantitative estimate of drug-likeness (QED) is 0.641. The fourth-order valence-electron chi connectivity index (χ4n) is 3.50. The minimum Gasteiger partial charge on any atom is -0.323 e. The molecular formula is C18H18N2OS2. The van der Waals surface area contributed by atoms with Crippen molar-refractivity contribution < 1.29 is 0 Å². The molecule has 23 heavy (non-hydrogen) atoms. The molecule has 1 aliphatic rings. The third kappa shape index (κ3) is 2.30. The third-order valence-electron chi connectivity index (χ3n) is 4.69. The highest BCUT2D eigenvalue weighted by Gasteiger charge is 2.25. The van der Waals surface area contributed by atoms with Crippen LogP contribution in [0.2, 0.25) is 0 Å². The lowest BCUT2D eigenvalue weighted by atomic mass is 9.88. The van der Waals surface area contributed by atoms with Gasteiger partial charge in [-0.15, -0.1) is 11.3 Å². The Kier molecular flexibility index (Phi) is 3.50. The van der Waals surface area contributed by atoms with Crippen LogP contribution < -0.4 is 5.56 Å². The number of fused-ring (bicyclic) bond motifs is 3. The van der Waals surface area contributed by atoms with Crippen LogP contribution in [-0.2, 0) is 6.42 Å². The molecule has 0 saturated carbocycles. The van der Waals surface area contributed by atoms with Crippen molar-refractivity contribution >= 4 is 33.8 Å². The summed E-state index contributed by atoms with van der Waals surface area (Å²) < 4.78 is 2.10. The Morgan fingerprint density at radius 1 is 1.30 bits per heavy atom. The van der Waals surface area contributed by atoms with E-state index in [4.69, 9.17) is 12.2 Å². The van der Waals surface area contributed by atoms with Crippen LogP contribution in [-0.4, -0.2) is 9.55 Å². The lowest BCUT2D eigenvalue weighted by molar-refractivity contribution is 0.601. The molecule has 4 rings (SSSR count). The Hall–Kier alpha value is -1.72. The summed E-state index contributed by atoms with van der Waals surface area (Å²) in [5, 5.41) is 0.839. The molecule has 0 amide bonds. The maximum atomic E-state index is 13.2. The highest BCUT2D eigenvalue weighted by Crippen LogP contribution is 2.40. The third-order valence-corrected chi connectivity index (χ3v) is 6.15. The molecule has 0 aliphatic heterocycles. The number of rotatable bonds is 1. The molecule has 0 bridgehead atoms. The van der Waals surface area contributed by atoms with Gasteiger partial charge in [0.05, 0.1) is 11.1 Å². The zero-order chi connectivity index (χ0) is 16.1. The maximum absolute atomic E-state index is 13.2. The van der Waals surface area contributed by atoms with Crippen molar-refractivity contribution in [3.8, 4) is 5.69 Å². The van der Waals surface area contributed by atoms with Crippen molar-refractivity contribution in [2.75, 3.05) is 0 Å². The highest BCUT2D eigenvalue weighted by atomic mass is 32.1. The molecule has 1 N–H and O–H groups in total. The molecule has 0 unspecified atom stereocenters. The summed E-state index contributed by atoms with van der Waals surface area (Å²) in [7, 11) is 0. The lowest BCUT2D eigenvalue weighted by Gasteiger charge is -2.18. The second-order valence-electron chi connectivity index (χ2n) is 6.34. The van der Waals surface area contributed by atoms with Gasteiger partial charge in [0.1, 0.15) is 4.83 Å². The Balaban J connectivity index is 2.07. The van der Waals surface area contributed by atoms with E-state index in [2.05, 4.69) is 11.9 Å². The molecule has 5 heteroatoms. The van der Waals surface area contributed by atoms with Gasteiger partial charge in [0.2, 0.25) is 0 Å². The summed E-state index contributed by atoms with van der Waals surface area (Å²) in [5.41, 5.74) is 3.25. The van der Waals surface area contributed by atoms with Crippen molar-refractivity contribution in [3.63, 3.8) is 0 Å². The topological polar surface area (TPSA) is 37.8 Å². The molecule has 2 heterocycles. The number of hydrogen-bond acceptors (Lipinski definition) is 3. The van der Waals surface area contributed by atoms with E-state index < -0.39 is 0 Å². The standard InChI is InChI=1S/C18H18N2OS2/c1-10-6-8-12(9-7-10)20-17(21)15-14-11(2)4-3-5-13(14)23-16(15)19-18(20)22/h6-9,11H,3-5H2,1-2H3,(H,19,22)/t11-/m0/s1. The number of nitrogens with one attached hydrogen (secondary N) is 1. The first-order chi connectivity index (χ1) is 11.1. The van der Waals surface area contributed by atoms with Gasteiger partial charge in [0, 0.05) is 4.88 Å². The summed E-state index contributed by atoms with van der Waals surface area (Å²) in [6, 6.07) is 7.92. The first-order valence-electron chi connectivity index (χ1n) is 7.94. The fourth-order valence-corrected chi connectivity index (χ4v) is 5.20. The average Bonchev–Trinajstić information content (AvgIpc) is 2.89. The number of H-pyrrole nitrogens is 1. The van der Waals surface area contributed by atoms with Crippen LogP contribution in [0.15, 0.2) is 29.1 Å². The van der Waals surface area contributed by atoms with Crippen molar-refractivity contribution in [2.24, 2.45) is 0 Å². The van der Waals surface area contributed by atoms with Gasteiger partial charge in [-0.05, 0) is 62.0 Å². The molecule has 0 saturated heterocycles. The predicted octanol–water partition coefficient (Wildman–Crippen LogP) is 4.86. The van der Waals surface area contributed by atoms with Crippen molar-refractivity contribution in [1.82, 2.24) is 9.55 Å². The summed E-state index contributed by atoms with van der Waals surface area (Å²) in [5.74, 6) is 0.441. The minimum atomic E-state index is 0.0128. The second kappa shape index (κ2) is 5.42.